The van der Waals surface area contributed by atoms with Crippen molar-refractivity contribution < 1.29 is 14.3 Å². The summed E-state index contributed by atoms with van der Waals surface area (Å²) >= 11 is 0. The zero-order valence-electron chi connectivity index (χ0n) is 11.7. The summed E-state index contributed by atoms with van der Waals surface area (Å²) in [6, 6.07) is 15.4. The molecule has 0 unspecified atom stereocenters. The van der Waals surface area contributed by atoms with Crippen molar-refractivity contribution in [3.8, 4) is 6.07 Å². The fraction of sp³-hybridized carbons (Fsp3) is 0.176. The molecule has 0 N–H and O–H groups in total. The normalized spacial score (nSPS) is 11.1. The third kappa shape index (κ3) is 3.68. The number of esters is 1. The van der Waals surface area contributed by atoms with Gasteiger partial charge in [-0.25, -0.2) is 4.79 Å². The minimum Gasteiger partial charge on any atom is -0.459 e. The molecule has 0 aliphatic rings. The second kappa shape index (κ2) is 7.22. The molecular formula is C17H15NO3. The maximum atomic E-state index is 11.8. The number of carbonyl (C=O) groups is 1. The monoisotopic (exact) mass is 281 g/mol. The molecule has 0 aliphatic carbocycles. The Balaban J connectivity index is 2.30. The number of ether oxygens (including phenoxy) is 2. The van der Waals surface area contributed by atoms with Gasteiger partial charge in [-0.2, -0.15) is 5.26 Å². The molecule has 0 spiro atoms. The first-order chi connectivity index (χ1) is 10.3. The van der Waals surface area contributed by atoms with Gasteiger partial charge in [-0.3, -0.25) is 0 Å². The lowest BCUT2D eigenvalue weighted by molar-refractivity contribution is -0.139. The first-order valence-electron chi connectivity index (χ1n) is 6.52. The van der Waals surface area contributed by atoms with E-state index >= 15 is 0 Å². The highest BCUT2D eigenvalue weighted by atomic mass is 16.6. The molecule has 0 heterocycles. The van der Waals surface area contributed by atoms with Gasteiger partial charge in [0.1, 0.15) is 18.2 Å². The van der Waals surface area contributed by atoms with Crippen LogP contribution in [0.3, 0.4) is 0 Å². The highest BCUT2D eigenvalue weighted by Crippen LogP contribution is 2.21. The maximum absolute atomic E-state index is 11.8. The van der Waals surface area contributed by atoms with Crippen molar-refractivity contribution in [2.45, 2.75) is 0 Å². The Morgan fingerprint density at radius 1 is 1.19 bits per heavy atom. The van der Waals surface area contributed by atoms with Crippen LogP contribution in [0.25, 0.3) is 16.8 Å². The van der Waals surface area contributed by atoms with Crippen molar-refractivity contribution in [1.82, 2.24) is 0 Å². The number of nitrogens with zero attached hydrogens (tertiary/aromatic N) is 1. The van der Waals surface area contributed by atoms with Crippen molar-refractivity contribution in [2.24, 2.45) is 0 Å². The Bertz CT molecular complexity index is 708. The van der Waals surface area contributed by atoms with E-state index in [-0.39, 0.29) is 12.2 Å². The van der Waals surface area contributed by atoms with Gasteiger partial charge >= 0.3 is 5.97 Å². The smallest absolute Gasteiger partial charge is 0.348 e. The molecule has 21 heavy (non-hydrogen) atoms. The summed E-state index contributed by atoms with van der Waals surface area (Å²) in [5, 5.41) is 11.2. The van der Waals surface area contributed by atoms with Crippen LogP contribution in [0.5, 0.6) is 0 Å². The van der Waals surface area contributed by atoms with E-state index in [1.54, 1.807) is 6.08 Å². The number of nitriles is 1. The van der Waals surface area contributed by atoms with E-state index in [0.717, 1.165) is 16.3 Å². The fourth-order valence-electron chi connectivity index (χ4n) is 1.96. The number of benzene rings is 2. The zero-order valence-corrected chi connectivity index (χ0v) is 11.7. The van der Waals surface area contributed by atoms with E-state index in [2.05, 4.69) is 0 Å². The molecule has 0 atom stereocenters. The van der Waals surface area contributed by atoms with Crippen molar-refractivity contribution in [3.63, 3.8) is 0 Å². The average molecular weight is 281 g/mol. The zero-order chi connectivity index (χ0) is 15.1. The fourth-order valence-corrected chi connectivity index (χ4v) is 1.96. The molecule has 2 aromatic carbocycles. The molecular weight excluding hydrogens is 266 g/mol. The molecule has 106 valence electrons. The molecule has 4 nitrogen and oxygen atoms in total. The largest absolute Gasteiger partial charge is 0.459 e. The first-order valence-corrected chi connectivity index (χ1v) is 6.52. The van der Waals surface area contributed by atoms with Crippen molar-refractivity contribution in [2.75, 3.05) is 20.3 Å². The van der Waals surface area contributed by atoms with E-state index in [9.17, 15) is 4.79 Å². The molecule has 0 amide bonds. The lowest BCUT2D eigenvalue weighted by Crippen LogP contribution is -2.11. The molecule has 0 fully saturated rings. The van der Waals surface area contributed by atoms with Crippen LogP contribution in [0.15, 0.2) is 48.0 Å². The minimum absolute atomic E-state index is 0.0255. The Kier molecular flexibility index (Phi) is 5.08. The number of hydrogen-bond acceptors (Lipinski definition) is 4. The first kappa shape index (κ1) is 14.8. The van der Waals surface area contributed by atoms with E-state index in [4.69, 9.17) is 14.7 Å². The summed E-state index contributed by atoms with van der Waals surface area (Å²) in [6.45, 7) is 0.433. The lowest BCUT2D eigenvalue weighted by Gasteiger charge is -2.04. The van der Waals surface area contributed by atoms with Gasteiger partial charge in [-0.05, 0) is 22.4 Å². The van der Waals surface area contributed by atoms with Gasteiger partial charge in [0.2, 0.25) is 0 Å². The number of methoxy groups -OCH3 is 1. The lowest BCUT2D eigenvalue weighted by atomic mass is 10.0. The highest BCUT2D eigenvalue weighted by molar-refractivity contribution is 6.01. The number of fused-ring (bicyclic) bond motifs is 1. The highest BCUT2D eigenvalue weighted by Gasteiger charge is 2.11. The van der Waals surface area contributed by atoms with Crippen molar-refractivity contribution >= 4 is 22.8 Å². The number of carbonyl (C=O) groups excluding carboxylic acids is 1. The Morgan fingerprint density at radius 3 is 2.71 bits per heavy atom. The van der Waals surface area contributed by atoms with Gasteiger partial charge in [-0.15, -0.1) is 0 Å². The summed E-state index contributed by atoms with van der Waals surface area (Å²) in [7, 11) is 1.52. The average Bonchev–Trinajstić information content (AvgIpc) is 2.52. The van der Waals surface area contributed by atoms with Crippen LogP contribution >= 0.6 is 0 Å². The van der Waals surface area contributed by atoms with Crippen LogP contribution in [0.2, 0.25) is 0 Å². The van der Waals surface area contributed by atoms with Crippen molar-refractivity contribution in [1.29, 1.82) is 5.26 Å². The van der Waals surface area contributed by atoms with Crippen LogP contribution in [-0.4, -0.2) is 26.3 Å². The third-order valence-electron chi connectivity index (χ3n) is 2.98. The predicted octanol–water partition coefficient (Wildman–Crippen LogP) is 2.94. The third-order valence-corrected chi connectivity index (χ3v) is 2.98. The molecule has 0 saturated heterocycles. The summed E-state index contributed by atoms with van der Waals surface area (Å²) in [5.74, 6) is -0.637. The van der Waals surface area contributed by atoms with E-state index in [1.807, 2.05) is 48.5 Å². The summed E-state index contributed by atoms with van der Waals surface area (Å²) < 4.78 is 9.77. The molecule has 0 saturated carbocycles. The SMILES string of the molecule is COCCOC(=O)C(C#N)=Cc1cccc2ccccc12. The summed E-state index contributed by atoms with van der Waals surface area (Å²) in [4.78, 5) is 11.8. The molecule has 2 aromatic rings. The van der Waals surface area contributed by atoms with Gasteiger partial charge in [0.25, 0.3) is 0 Å². The molecule has 0 aliphatic heterocycles. The van der Waals surface area contributed by atoms with Gasteiger partial charge < -0.3 is 9.47 Å². The maximum Gasteiger partial charge on any atom is 0.348 e. The summed E-state index contributed by atoms with van der Waals surface area (Å²) in [6.07, 6.45) is 1.55. The van der Waals surface area contributed by atoms with Gasteiger partial charge in [0.15, 0.2) is 0 Å². The molecule has 0 aromatic heterocycles. The van der Waals surface area contributed by atoms with Crippen LogP contribution in [0, 0.1) is 11.3 Å². The van der Waals surface area contributed by atoms with Gasteiger partial charge in [-0.1, -0.05) is 42.5 Å². The molecule has 4 heteroatoms. The van der Waals surface area contributed by atoms with E-state index in [0.29, 0.717) is 6.61 Å². The van der Waals surface area contributed by atoms with Gasteiger partial charge in [0, 0.05) is 7.11 Å². The topological polar surface area (TPSA) is 59.3 Å². The Hall–Kier alpha value is -2.64. The van der Waals surface area contributed by atoms with Crippen LogP contribution < -0.4 is 0 Å². The molecule has 0 radical (unpaired) electrons. The van der Waals surface area contributed by atoms with Crippen molar-refractivity contribution in [3.05, 3.63) is 53.6 Å². The quantitative estimate of drug-likeness (QED) is 0.366. The van der Waals surface area contributed by atoms with Crippen LogP contribution in [0.4, 0.5) is 0 Å². The van der Waals surface area contributed by atoms with E-state index in [1.165, 1.54) is 7.11 Å². The standard InChI is InChI=1S/C17H15NO3/c1-20-9-10-21-17(19)15(12-18)11-14-7-4-6-13-5-2-3-8-16(13)14/h2-8,11H,9-10H2,1H3. The van der Waals surface area contributed by atoms with Crippen LogP contribution in [-0.2, 0) is 14.3 Å². The van der Waals surface area contributed by atoms with Crippen LogP contribution in [0.1, 0.15) is 5.56 Å². The summed E-state index contributed by atoms with van der Waals surface area (Å²) in [5.41, 5.74) is 0.788. The second-order valence-corrected chi connectivity index (χ2v) is 4.37. The Morgan fingerprint density at radius 2 is 1.95 bits per heavy atom. The predicted molar refractivity (Wildman–Crippen MR) is 80.4 cm³/mol. The Labute approximate surface area is 123 Å². The molecule has 0 bridgehead atoms. The number of rotatable bonds is 5. The minimum atomic E-state index is -0.637. The number of hydrogen-bond donors (Lipinski definition) is 0. The molecule has 2 rings (SSSR count). The van der Waals surface area contributed by atoms with E-state index < -0.39 is 5.97 Å². The second-order valence-electron chi connectivity index (χ2n) is 4.37. The van der Waals surface area contributed by atoms with Gasteiger partial charge in [0.05, 0.1) is 6.61 Å².